The zero-order valence-electron chi connectivity index (χ0n) is 11.5. The maximum Gasteiger partial charge on any atom is 0.133 e. The Kier molecular flexibility index (Phi) is 6.03. The largest absolute Gasteiger partial charge is 0.492 e. The van der Waals surface area contributed by atoms with Crippen molar-refractivity contribution in [1.29, 1.82) is 0 Å². The Hall–Kier alpha value is -0.210. The quantitative estimate of drug-likeness (QED) is 0.586. The summed E-state index contributed by atoms with van der Waals surface area (Å²) in [6.07, 6.45) is 7.57. The molecule has 19 heavy (non-hydrogen) atoms. The average Bonchev–Trinajstić information content (AvgIpc) is 2.46. The molecule has 0 N–H and O–H groups in total. The number of halogens is 2. The van der Waals surface area contributed by atoms with Crippen molar-refractivity contribution in [2.24, 2.45) is 5.92 Å². The average molecular weight is 346 g/mol. The van der Waals surface area contributed by atoms with Gasteiger partial charge in [0.05, 0.1) is 16.5 Å². The standard InChI is InChI=1S/C16H22BrClO/c1-2-10-19-15-9-8-13(11-14(15)17)16(18)12-6-4-3-5-7-12/h8-9,11-12,16H,2-7,10H2,1H3. The first-order valence-corrected chi connectivity index (χ1v) is 8.51. The third-order valence-electron chi connectivity index (χ3n) is 3.80. The Balaban J connectivity index is 2.05. The van der Waals surface area contributed by atoms with E-state index in [9.17, 15) is 0 Å². The smallest absolute Gasteiger partial charge is 0.133 e. The van der Waals surface area contributed by atoms with Crippen molar-refractivity contribution in [1.82, 2.24) is 0 Å². The maximum absolute atomic E-state index is 6.65. The Bertz CT molecular complexity index is 402. The highest BCUT2D eigenvalue weighted by molar-refractivity contribution is 9.10. The highest BCUT2D eigenvalue weighted by atomic mass is 79.9. The van der Waals surface area contributed by atoms with Gasteiger partial charge in [0.25, 0.3) is 0 Å². The van der Waals surface area contributed by atoms with E-state index in [1.165, 1.54) is 37.7 Å². The summed E-state index contributed by atoms with van der Waals surface area (Å²) in [7, 11) is 0. The predicted molar refractivity (Wildman–Crippen MR) is 85.1 cm³/mol. The van der Waals surface area contributed by atoms with Gasteiger partial charge in [-0.2, -0.15) is 0 Å². The van der Waals surface area contributed by atoms with E-state index in [4.69, 9.17) is 16.3 Å². The molecule has 1 atom stereocenters. The molecular formula is C16H22BrClO. The molecule has 0 amide bonds. The van der Waals surface area contributed by atoms with Gasteiger partial charge >= 0.3 is 0 Å². The fraction of sp³-hybridized carbons (Fsp3) is 0.625. The molecule has 3 heteroatoms. The van der Waals surface area contributed by atoms with Gasteiger partial charge in [-0.3, -0.25) is 0 Å². The molecule has 1 unspecified atom stereocenters. The molecule has 1 aromatic rings. The van der Waals surface area contributed by atoms with Gasteiger partial charge in [0.2, 0.25) is 0 Å². The van der Waals surface area contributed by atoms with E-state index >= 15 is 0 Å². The molecule has 0 heterocycles. The fourth-order valence-electron chi connectivity index (χ4n) is 2.72. The minimum Gasteiger partial charge on any atom is -0.492 e. The first-order valence-electron chi connectivity index (χ1n) is 7.28. The van der Waals surface area contributed by atoms with E-state index in [1.807, 2.05) is 6.07 Å². The summed E-state index contributed by atoms with van der Waals surface area (Å²) in [5, 5.41) is 0.136. The molecule has 0 bridgehead atoms. The lowest BCUT2D eigenvalue weighted by molar-refractivity contribution is 0.315. The summed E-state index contributed by atoms with van der Waals surface area (Å²) in [4.78, 5) is 0. The van der Waals surface area contributed by atoms with E-state index in [2.05, 4.69) is 35.0 Å². The van der Waals surface area contributed by atoms with Gasteiger partial charge in [-0.25, -0.2) is 0 Å². The second-order valence-electron chi connectivity index (χ2n) is 5.34. The number of ether oxygens (including phenoxy) is 1. The van der Waals surface area contributed by atoms with Crippen LogP contribution in [0.4, 0.5) is 0 Å². The van der Waals surface area contributed by atoms with Crippen LogP contribution in [0.5, 0.6) is 5.75 Å². The van der Waals surface area contributed by atoms with Crippen LogP contribution >= 0.6 is 27.5 Å². The van der Waals surface area contributed by atoms with Gasteiger partial charge in [0.15, 0.2) is 0 Å². The van der Waals surface area contributed by atoms with Crippen LogP contribution in [0.25, 0.3) is 0 Å². The molecule has 1 aromatic carbocycles. The molecule has 0 radical (unpaired) electrons. The van der Waals surface area contributed by atoms with Crippen LogP contribution in [0, 0.1) is 5.92 Å². The van der Waals surface area contributed by atoms with Crippen molar-refractivity contribution in [3.63, 3.8) is 0 Å². The molecule has 1 aliphatic carbocycles. The summed E-state index contributed by atoms with van der Waals surface area (Å²) in [6.45, 7) is 2.87. The van der Waals surface area contributed by atoms with Gasteiger partial charge < -0.3 is 4.74 Å². The van der Waals surface area contributed by atoms with Crippen LogP contribution in [-0.4, -0.2) is 6.61 Å². The normalized spacial score (nSPS) is 18.3. The molecule has 0 spiro atoms. The van der Waals surface area contributed by atoms with E-state index in [1.54, 1.807) is 0 Å². The summed E-state index contributed by atoms with van der Waals surface area (Å²) in [5.41, 5.74) is 1.21. The van der Waals surface area contributed by atoms with Crippen LogP contribution < -0.4 is 4.74 Å². The van der Waals surface area contributed by atoms with Crippen molar-refractivity contribution in [3.05, 3.63) is 28.2 Å². The second-order valence-corrected chi connectivity index (χ2v) is 6.66. The Morgan fingerprint density at radius 3 is 2.68 bits per heavy atom. The van der Waals surface area contributed by atoms with Gasteiger partial charge in [0, 0.05) is 0 Å². The van der Waals surface area contributed by atoms with Crippen molar-refractivity contribution in [2.75, 3.05) is 6.61 Å². The highest BCUT2D eigenvalue weighted by Crippen LogP contribution is 2.40. The molecule has 1 aliphatic rings. The van der Waals surface area contributed by atoms with Crippen molar-refractivity contribution < 1.29 is 4.74 Å². The van der Waals surface area contributed by atoms with E-state index < -0.39 is 0 Å². The van der Waals surface area contributed by atoms with Crippen LogP contribution in [0.2, 0.25) is 0 Å². The molecule has 2 rings (SSSR count). The summed E-state index contributed by atoms with van der Waals surface area (Å²) in [5.74, 6) is 1.54. The van der Waals surface area contributed by atoms with Crippen molar-refractivity contribution in [2.45, 2.75) is 50.8 Å². The van der Waals surface area contributed by atoms with Crippen molar-refractivity contribution in [3.8, 4) is 5.75 Å². The maximum atomic E-state index is 6.65. The minimum atomic E-state index is 0.136. The van der Waals surface area contributed by atoms with Crippen molar-refractivity contribution >= 4 is 27.5 Å². The SMILES string of the molecule is CCCOc1ccc(C(Cl)C2CCCCC2)cc1Br. The van der Waals surface area contributed by atoms with Crippen LogP contribution in [0.1, 0.15) is 56.4 Å². The number of rotatable bonds is 5. The topological polar surface area (TPSA) is 9.23 Å². The molecule has 1 nitrogen and oxygen atoms in total. The summed E-state index contributed by atoms with van der Waals surface area (Å²) < 4.78 is 6.69. The van der Waals surface area contributed by atoms with Gasteiger partial charge in [-0.1, -0.05) is 32.3 Å². The number of hydrogen-bond donors (Lipinski definition) is 0. The zero-order valence-corrected chi connectivity index (χ0v) is 13.8. The first kappa shape index (κ1) is 15.2. The summed E-state index contributed by atoms with van der Waals surface area (Å²) in [6, 6.07) is 6.27. The third-order valence-corrected chi connectivity index (χ3v) is 5.03. The summed E-state index contributed by atoms with van der Waals surface area (Å²) >= 11 is 10.2. The minimum absolute atomic E-state index is 0.136. The molecule has 1 fully saturated rings. The lowest BCUT2D eigenvalue weighted by atomic mass is 9.84. The Morgan fingerprint density at radius 1 is 1.32 bits per heavy atom. The molecule has 0 aliphatic heterocycles. The zero-order chi connectivity index (χ0) is 13.7. The molecule has 0 saturated heterocycles. The second kappa shape index (κ2) is 7.54. The monoisotopic (exact) mass is 344 g/mol. The predicted octanol–water partition coefficient (Wildman–Crippen LogP) is 6.10. The van der Waals surface area contributed by atoms with E-state index in [-0.39, 0.29) is 5.38 Å². The lowest BCUT2D eigenvalue weighted by Gasteiger charge is -2.26. The Labute approximate surface area is 129 Å². The first-order chi connectivity index (χ1) is 9.22. The highest BCUT2D eigenvalue weighted by Gasteiger charge is 2.23. The van der Waals surface area contributed by atoms with Gasteiger partial charge in [0.1, 0.15) is 5.75 Å². The molecule has 106 valence electrons. The van der Waals surface area contributed by atoms with Crippen LogP contribution in [0.3, 0.4) is 0 Å². The molecule has 1 saturated carbocycles. The number of benzene rings is 1. The fourth-order valence-corrected chi connectivity index (χ4v) is 3.62. The number of hydrogen-bond acceptors (Lipinski definition) is 1. The lowest BCUT2D eigenvalue weighted by Crippen LogP contribution is -2.12. The van der Waals surface area contributed by atoms with Crippen LogP contribution in [-0.2, 0) is 0 Å². The molecule has 0 aromatic heterocycles. The van der Waals surface area contributed by atoms with E-state index in [0.29, 0.717) is 5.92 Å². The molecular weight excluding hydrogens is 324 g/mol. The third kappa shape index (κ3) is 4.13. The van der Waals surface area contributed by atoms with E-state index in [0.717, 1.165) is 23.2 Å². The Morgan fingerprint density at radius 2 is 2.05 bits per heavy atom. The van der Waals surface area contributed by atoms with Crippen LogP contribution in [0.15, 0.2) is 22.7 Å². The van der Waals surface area contributed by atoms with Gasteiger partial charge in [-0.15, -0.1) is 11.6 Å². The number of alkyl halides is 1. The van der Waals surface area contributed by atoms with Gasteiger partial charge in [-0.05, 0) is 58.8 Å².